The van der Waals surface area contributed by atoms with Crippen LogP contribution in [-0.2, 0) is 16.1 Å². The first-order valence-corrected chi connectivity index (χ1v) is 9.17. The number of aliphatic carboxylic acids is 1. The number of hydrogen-bond acceptors (Lipinski definition) is 4. The molecular formula is C18H28N4O4. The third kappa shape index (κ3) is 4.85. The number of nitrogens with one attached hydrogen (secondary N) is 2. The molecule has 0 unspecified atom stereocenters. The third-order valence-electron chi connectivity index (χ3n) is 4.88. The summed E-state index contributed by atoms with van der Waals surface area (Å²) in [6.07, 6.45) is 4.76. The van der Waals surface area contributed by atoms with Crippen molar-refractivity contribution < 1.29 is 19.5 Å². The topological polar surface area (TPSA) is 126 Å². The van der Waals surface area contributed by atoms with Crippen molar-refractivity contribution in [2.45, 2.75) is 57.7 Å². The molecule has 1 saturated carbocycles. The van der Waals surface area contributed by atoms with Crippen molar-refractivity contribution in [3.8, 4) is 0 Å². The summed E-state index contributed by atoms with van der Waals surface area (Å²) in [5.41, 5.74) is 6.04. The normalized spacial score (nSPS) is 20.5. The van der Waals surface area contributed by atoms with Gasteiger partial charge in [0, 0.05) is 18.8 Å². The molecule has 0 saturated heterocycles. The van der Waals surface area contributed by atoms with Gasteiger partial charge in [-0.3, -0.25) is 14.4 Å². The molecule has 1 fully saturated rings. The maximum atomic E-state index is 12.7. The van der Waals surface area contributed by atoms with E-state index in [0.717, 1.165) is 6.42 Å². The maximum Gasteiger partial charge on any atom is 0.308 e. The minimum atomic E-state index is -0.892. The van der Waals surface area contributed by atoms with E-state index in [1.807, 2.05) is 6.92 Å². The van der Waals surface area contributed by atoms with E-state index in [1.54, 1.807) is 22.9 Å². The third-order valence-corrected chi connectivity index (χ3v) is 4.88. The summed E-state index contributed by atoms with van der Waals surface area (Å²) in [7, 11) is 0. The highest BCUT2D eigenvalue weighted by molar-refractivity contribution is 5.96. The summed E-state index contributed by atoms with van der Waals surface area (Å²) in [5, 5.41) is 14.9. The Bertz CT molecular complexity index is 643. The average molecular weight is 364 g/mol. The molecule has 26 heavy (non-hydrogen) atoms. The van der Waals surface area contributed by atoms with E-state index in [4.69, 9.17) is 5.73 Å². The van der Waals surface area contributed by atoms with Crippen LogP contribution < -0.4 is 16.4 Å². The van der Waals surface area contributed by atoms with Gasteiger partial charge in [0.05, 0.1) is 5.92 Å². The smallest absolute Gasteiger partial charge is 0.308 e. The second-order valence-corrected chi connectivity index (χ2v) is 6.63. The minimum Gasteiger partial charge on any atom is -0.481 e. The Labute approximate surface area is 153 Å². The summed E-state index contributed by atoms with van der Waals surface area (Å²) in [6.45, 7) is 2.99. The molecule has 3 atom stereocenters. The van der Waals surface area contributed by atoms with Crippen molar-refractivity contribution in [1.29, 1.82) is 0 Å². The Morgan fingerprint density at radius 3 is 2.81 bits per heavy atom. The van der Waals surface area contributed by atoms with E-state index in [0.29, 0.717) is 44.5 Å². The molecule has 144 valence electrons. The predicted molar refractivity (Wildman–Crippen MR) is 96.6 cm³/mol. The molecule has 0 bridgehead atoms. The van der Waals surface area contributed by atoms with E-state index >= 15 is 0 Å². The highest BCUT2D eigenvalue weighted by Crippen LogP contribution is 2.26. The van der Waals surface area contributed by atoms with Crippen LogP contribution in [-0.4, -0.2) is 46.1 Å². The van der Waals surface area contributed by atoms with Gasteiger partial charge in [-0.25, -0.2) is 0 Å². The van der Waals surface area contributed by atoms with Gasteiger partial charge in [0.1, 0.15) is 11.7 Å². The molecule has 1 aliphatic carbocycles. The zero-order valence-corrected chi connectivity index (χ0v) is 15.1. The monoisotopic (exact) mass is 364 g/mol. The quantitative estimate of drug-likeness (QED) is 0.513. The number of carbonyl (C=O) groups excluding carboxylic acids is 2. The Balaban J connectivity index is 2.04. The van der Waals surface area contributed by atoms with Gasteiger partial charge in [-0.05, 0) is 51.3 Å². The van der Waals surface area contributed by atoms with Gasteiger partial charge >= 0.3 is 5.97 Å². The number of carboxylic acid groups (broad SMARTS) is 1. The first-order chi connectivity index (χ1) is 12.5. The molecule has 1 aliphatic rings. The second kappa shape index (κ2) is 9.38. The molecule has 2 rings (SSSR count). The van der Waals surface area contributed by atoms with Gasteiger partial charge in [-0.1, -0.05) is 6.42 Å². The molecule has 0 radical (unpaired) electrons. The van der Waals surface area contributed by atoms with E-state index in [2.05, 4.69) is 10.6 Å². The van der Waals surface area contributed by atoms with Crippen LogP contribution in [0.25, 0.3) is 0 Å². The number of hydrogen-bond donors (Lipinski definition) is 4. The van der Waals surface area contributed by atoms with Gasteiger partial charge in [-0.2, -0.15) is 0 Å². The van der Waals surface area contributed by atoms with Gasteiger partial charge < -0.3 is 26.0 Å². The lowest BCUT2D eigenvalue weighted by Crippen LogP contribution is -2.51. The van der Waals surface area contributed by atoms with Crippen LogP contribution in [0.4, 0.5) is 0 Å². The van der Waals surface area contributed by atoms with Gasteiger partial charge in [0.2, 0.25) is 5.91 Å². The molecule has 1 heterocycles. The van der Waals surface area contributed by atoms with E-state index in [9.17, 15) is 19.5 Å². The summed E-state index contributed by atoms with van der Waals surface area (Å²) >= 11 is 0. The highest BCUT2D eigenvalue weighted by Gasteiger charge is 2.35. The van der Waals surface area contributed by atoms with Crippen LogP contribution in [0.3, 0.4) is 0 Å². The SMILES string of the molecule is CCn1cccc1C(=O)N[C@@H](CCCN)C(=O)N[C@H]1CCC[C@H]1C(=O)O. The first kappa shape index (κ1) is 20.0. The Morgan fingerprint density at radius 2 is 2.15 bits per heavy atom. The number of nitrogens with zero attached hydrogens (tertiary/aromatic N) is 1. The molecule has 0 aliphatic heterocycles. The van der Waals surface area contributed by atoms with Crippen molar-refractivity contribution >= 4 is 17.8 Å². The number of rotatable bonds is 9. The zero-order chi connectivity index (χ0) is 19.1. The number of carbonyl (C=O) groups is 3. The lowest BCUT2D eigenvalue weighted by atomic mass is 10.0. The lowest BCUT2D eigenvalue weighted by molar-refractivity contribution is -0.142. The van der Waals surface area contributed by atoms with Crippen molar-refractivity contribution in [3.05, 3.63) is 24.0 Å². The molecule has 0 aromatic carbocycles. The molecule has 1 aromatic rings. The molecule has 8 nitrogen and oxygen atoms in total. The van der Waals surface area contributed by atoms with Crippen LogP contribution in [0.15, 0.2) is 18.3 Å². The van der Waals surface area contributed by atoms with Crippen molar-refractivity contribution in [1.82, 2.24) is 15.2 Å². The number of carboxylic acids is 1. The molecule has 2 amide bonds. The first-order valence-electron chi connectivity index (χ1n) is 9.17. The number of nitrogens with two attached hydrogens (primary N) is 1. The lowest BCUT2D eigenvalue weighted by Gasteiger charge is -2.23. The summed E-state index contributed by atoms with van der Waals surface area (Å²) in [4.78, 5) is 36.5. The Kier molecular flexibility index (Phi) is 7.20. The molecule has 1 aromatic heterocycles. The van der Waals surface area contributed by atoms with Crippen molar-refractivity contribution in [2.24, 2.45) is 11.7 Å². The van der Waals surface area contributed by atoms with Crippen LogP contribution in [0.2, 0.25) is 0 Å². The van der Waals surface area contributed by atoms with Gasteiger partial charge in [-0.15, -0.1) is 0 Å². The largest absolute Gasteiger partial charge is 0.481 e. The predicted octanol–water partition coefficient (Wildman–Crippen LogP) is 0.715. The van der Waals surface area contributed by atoms with Gasteiger partial charge in [0.15, 0.2) is 0 Å². The number of aryl methyl sites for hydroxylation is 1. The van der Waals surface area contributed by atoms with Crippen LogP contribution in [0.1, 0.15) is 49.5 Å². The second-order valence-electron chi connectivity index (χ2n) is 6.63. The molecule has 5 N–H and O–H groups in total. The minimum absolute atomic E-state index is 0.324. The molecular weight excluding hydrogens is 336 g/mol. The highest BCUT2D eigenvalue weighted by atomic mass is 16.4. The summed E-state index contributed by atoms with van der Waals surface area (Å²) in [5.74, 6) is -2.13. The maximum absolute atomic E-state index is 12.7. The van der Waals surface area contributed by atoms with Crippen molar-refractivity contribution in [2.75, 3.05) is 6.54 Å². The Hall–Kier alpha value is -2.35. The average Bonchev–Trinajstić information content (AvgIpc) is 3.26. The fourth-order valence-corrected chi connectivity index (χ4v) is 3.43. The van der Waals surface area contributed by atoms with Gasteiger partial charge in [0.25, 0.3) is 5.91 Å². The zero-order valence-electron chi connectivity index (χ0n) is 15.1. The summed E-state index contributed by atoms with van der Waals surface area (Å²) in [6, 6.07) is 2.36. The number of aromatic nitrogens is 1. The van der Waals surface area contributed by atoms with E-state index < -0.39 is 24.0 Å². The van der Waals surface area contributed by atoms with Crippen molar-refractivity contribution in [3.63, 3.8) is 0 Å². The number of amides is 2. The van der Waals surface area contributed by atoms with Crippen LogP contribution >= 0.6 is 0 Å². The Morgan fingerprint density at radius 1 is 1.38 bits per heavy atom. The fraction of sp³-hybridized carbons (Fsp3) is 0.611. The van der Waals surface area contributed by atoms with E-state index in [-0.39, 0.29) is 11.8 Å². The van der Waals surface area contributed by atoms with Crippen LogP contribution in [0.5, 0.6) is 0 Å². The molecule has 0 spiro atoms. The van der Waals surface area contributed by atoms with E-state index in [1.165, 1.54) is 0 Å². The molecule has 8 heteroatoms. The fourth-order valence-electron chi connectivity index (χ4n) is 3.43. The summed E-state index contributed by atoms with van der Waals surface area (Å²) < 4.78 is 1.80. The van der Waals surface area contributed by atoms with Crippen LogP contribution in [0, 0.1) is 5.92 Å². The standard InChI is InChI=1S/C18H28N4O4/c1-2-22-11-5-9-15(22)17(24)21-14(8-4-10-19)16(23)20-13-7-3-6-12(13)18(25)26/h5,9,11-14H,2-4,6-8,10,19H2,1H3,(H,20,23)(H,21,24)(H,25,26)/t12-,13+,14+/m1/s1.